The number of alkyl halides is 6. The van der Waals surface area contributed by atoms with E-state index in [0.717, 1.165) is 44.1 Å². The fraction of sp³-hybridized carbons (Fsp3) is 0.533. The highest BCUT2D eigenvalue weighted by Crippen LogP contribution is 2.43. The van der Waals surface area contributed by atoms with Crippen LogP contribution in [0.5, 0.6) is 17.2 Å². The van der Waals surface area contributed by atoms with Gasteiger partial charge in [-0.2, -0.15) is 0 Å². The van der Waals surface area contributed by atoms with Gasteiger partial charge in [-0.25, -0.2) is 46.3 Å². The third-order valence-electron chi connectivity index (χ3n) is 14.0. The van der Waals surface area contributed by atoms with Gasteiger partial charge in [0.25, 0.3) is 36.0 Å². The summed E-state index contributed by atoms with van der Waals surface area (Å²) in [4.78, 5) is 64.9. The zero-order valence-electron chi connectivity index (χ0n) is 48.5. The molecular weight excluding hydrogens is 1180 g/mol. The largest absolute Gasteiger partial charge is 0.489 e. The Labute approximate surface area is 507 Å². The molecule has 8 rings (SSSR count). The number of rotatable bonds is 26. The van der Waals surface area contributed by atoms with Crippen LogP contribution in [0.4, 0.5) is 38.0 Å². The maximum absolute atomic E-state index is 13.3. The molecule has 4 unspecified atom stereocenters. The summed E-state index contributed by atoms with van der Waals surface area (Å²) in [6.45, 7) is 10.1. The summed E-state index contributed by atoms with van der Waals surface area (Å²) in [7, 11) is 1.96. The first-order valence-electron chi connectivity index (χ1n) is 28.2. The number of aliphatic imine (C=N–C) groups is 2. The molecule has 4 atom stereocenters. The van der Waals surface area contributed by atoms with E-state index >= 15 is 0 Å². The van der Waals surface area contributed by atoms with Crippen LogP contribution in [0.25, 0.3) is 0 Å². The lowest BCUT2D eigenvalue weighted by molar-refractivity contribution is -0.135. The number of pyridine rings is 2. The lowest BCUT2D eigenvalue weighted by atomic mass is 9.80. The highest BCUT2D eigenvalue weighted by Gasteiger charge is 2.58. The molecule has 25 heteroatoms. The van der Waals surface area contributed by atoms with Crippen molar-refractivity contribution in [2.75, 3.05) is 20.3 Å². The number of benzene rings is 2. The van der Waals surface area contributed by atoms with Crippen LogP contribution in [-0.2, 0) is 9.59 Å². The Balaban J connectivity index is 0.000000258. The van der Waals surface area contributed by atoms with Gasteiger partial charge in [-0.05, 0) is 114 Å². The number of nitrogens with zero attached hydrogens (tertiary/aromatic N) is 4. The Morgan fingerprint density at radius 3 is 1.65 bits per heavy atom. The Bertz CT molecular complexity index is 2900. The Morgan fingerprint density at radius 2 is 1.22 bits per heavy atom. The number of aliphatic hydroxyl groups is 1. The second-order valence-electron chi connectivity index (χ2n) is 21.8. The van der Waals surface area contributed by atoms with E-state index < -0.39 is 53.4 Å². The molecule has 4 saturated carbocycles. The molecule has 5 N–H and O–H groups in total. The van der Waals surface area contributed by atoms with Crippen molar-refractivity contribution in [1.29, 1.82) is 0 Å². The van der Waals surface area contributed by atoms with Crippen LogP contribution in [-0.4, -0.2) is 119 Å². The molecule has 3 amide bonds. The van der Waals surface area contributed by atoms with E-state index in [1.165, 1.54) is 88.3 Å². The minimum Gasteiger partial charge on any atom is -0.489 e. The summed E-state index contributed by atoms with van der Waals surface area (Å²) in [6, 6.07) is 11.0. The second kappa shape index (κ2) is 32.1. The smallest absolute Gasteiger partial charge is 0.270 e. The lowest BCUT2D eigenvalue weighted by Crippen LogP contribution is -2.50. The van der Waals surface area contributed by atoms with Crippen LogP contribution in [0.1, 0.15) is 151 Å². The first-order chi connectivity index (χ1) is 40.2. The monoisotopic (exact) mass is 1250 g/mol. The van der Waals surface area contributed by atoms with Gasteiger partial charge in [-0.15, -0.1) is 0 Å². The summed E-state index contributed by atoms with van der Waals surface area (Å²) in [5.74, 6) is -4.46. The maximum Gasteiger partial charge on any atom is 0.270 e. The third kappa shape index (κ3) is 22.3. The molecule has 4 aromatic rings. The maximum atomic E-state index is 13.3. The first kappa shape index (κ1) is 69.7. The predicted octanol–water partition coefficient (Wildman–Crippen LogP) is 13.3. The number of ether oxygens (including phenoxy) is 3. The van der Waals surface area contributed by atoms with Crippen LogP contribution in [0.15, 0.2) is 77.0 Å². The van der Waals surface area contributed by atoms with Gasteiger partial charge in [-0.1, -0.05) is 87.2 Å². The number of aliphatic hydroxyl groups excluding tert-OH is 1. The molecule has 0 bridgehead atoms. The molecule has 0 radical (unpaired) electrons. The molecule has 0 spiro atoms. The molecular formula is C60H75Cl3F6N8O8. The summed E-state index contributed by atoms with van der Waals surface area (Å²) >= 11 is 18.1. The normalized spacial score (nSPS) is 18.3. The van der Waals surface area contributed by atoms with Crippen molar-refractivity contribution < 1.29 is 64.8 Å². The number of halogens is 9. The standard InChI is InChI=1S/C29H34Cl2F2N4O5.C18H24F2N4O.C11H11ClF2O2.C2H6/c1-28(2,42-23-14-22(41-11-10-38)20(30)13-21(23)31)27(40)36-19(12-17-4-3-5-17)8-9-34-25-7-6-18(16-35-25)26(39)37-24-15-29(24,32)33;1-21-14(9-12-3-2-4-12)7-8-22-16-6-5-13(11-23-16)17(25)24-15-10-18(15,19)20;1-11(2,6-15)16-9-4-3-7(12)5-8(9)10(13)14;1-2/h6-7,9,13-14,16-17,19,24,38H,3-5,8,10-12,15H2,1-2H3,(H,36,40)(H,37,39);5-6,8,11-12,14-15,21H,2-4,7,9-10H2,1H3,(H,24,25);3-6,10H,1-2H3;1-2H3. The van der Waals surface area contributed by atoms with Crippen LogP contribution in [0.2, 0.25) is 15.1 Å². The third-order valence-corrected chi connectivity index (χ3v) is 14.9. The van der Waals surface area contributed by atoms with Crippen LogP contribution in [0.3, 0.4) is 0 Å². The lowest BCUT2D eigenvalue weighted by Gasteiger charge is -2.32. The van der Waals surface area contributed by atoms with E-state index in [0.29, 0.717) is 36.3 Å². The SMILES string of the molecule is CC.CC(C)(C=O)Oc1ccc(Cl)cc1C(F)F.CC(C)(Oc1cc(OCCO)c(Cl)cc1Cl)C(=O)NC(CC=Nc1ccc(C(=O)NC2CC2(F)F)cn1)CC1CCC1.CNC(CC=Nc1ccc(C(=O)NC2CC2(F)F)cn1)CC1CCC1. The van der Waals surface area contributed by atoms with Crippen molar-refractivity contribution in [3.8, 4) is 17.2 Å². The van der Waals surface area contributed by atoms with Crippen LogP contribution in [0, 0.1) is 11.8 Å². The van der Waals surface area contributed by atoms with Crippen LogP contribution >= 0.6 is 34.8 Å². The van der Waals surface area contributed by atoms with Gasteiger partial charge in [0.05, 0.1) is 45.4 Å². The molecule has 4 aliphatic rings. The number of amides is 3. The van der Waals surface area contributed by atoms with Crippen molar-refractivity contribution in [3.63, 3.8) is 0 Å². The Hall–Kier alpha value is -6.07. The van der Waals surface area contributed by atoms with Gasteiger partial charge in [0, 0.05) is 67.3 Å². The van der Waals surface area contributed by atoms with Gasteiger partial charge < -0.3 is 40.6 Å². The minimum absolute atomic E-state index is 0.0310. The molecule has 466 valence electrons. The average Bonchev–Trinajstić information content (AvgIpc) is 3.69. The zero-order valence-corrected chi connectivity index (χ0v) is 50.8. The van der Waals surface area contributed by atoms with Gasteiger partial charge in [0.2, 0.25) is 0 Å². The van der Waals surface area contributed by atoms with E-state index in [1.54, 1.807) is 32.2 Å². The number of carbonyl (C=O) groups excluding carboxylic acids is 4. The van der Waals surface area contributed by atoms with Gasteiger partial charge in [0.1, 0.15) is 23.9 Å². The topological polar surface area (TPSA) is 215 Å². The van der Waals surface area contributed by atoms with Crippen molar-refractivity contribution in [2.24, 2.45) is 21.8 Å². The molecule has 2 heterocycles. The Kier molecular flexibility index (Phi) is 26.3. The summed E-state index contributed by atoms with van der Waals surface area (Å²) in [5, 5.41) is 20.7. The highest BCUT2D eigenvalue weighted by atomic mass is 35.5. The molecule has 16 nitrogen and oxygen atoms in total. The minimum atomic E-state index is -2.85. The van der Waals surface area contributed by atoms with E-state index in [4.69, 9.17) is 54.1 Å². The first-order valence-corrected chi connectivity index (χ1v) is 29.3. The molecule has 0 saturated heterocycles. The second-order valence-corrected chi connectivity index (χ2v) is 23.1. The van der Waals surface area contributed by atoms with Crippen molar-refractivity contribution in [2.45, 2.75) is 172 Å². The van der Waals surface area contributed by atoms with Gasteiger partial charge >= 0.3 is 0 Å². The quantitative estimate of drug-likeness (QED) is 0.0226. The van der Waals surface area contributed by atoms with Crippen molar-refractivity contribution >= 4 is 82.9 Å². The molecule has 85 heavy (non-hydrogen) atoms. The van der Waals surface area contributed by atoms with E-state index in [2.05, 4.69) is 41.2 Å². The molecule has 2 aromatic heterocycles. The number of nitrogens with one attached hydrogen (secondary N) is 4. The number of hydrogen-bond acceptors (Lipinski definition) is 13. The molecule has 4 aliphatic carbocycles. The highest BCUT2D eigenvalue weighted by molar-refractivity contribution is 6.36. The summed E-state index contributed by atoms with van der Waals surface area (Å²) in [5.41, 5.74) is -2.33. The molecule has 0 aliphatic heterocycles. The zero-order chi connectivity index (χ0) is 62.7. The van der Waals surface area contributed by atoms with Crippen molar-refractivity contribution in [1.82, 2.24) is 31.2 Å². The van der Waals surface area contributed by atoms with Crippen molar-refractivity contribution in [3.05, 3.63) is 98.7 Å². The number of hydrogen-bond donors (Lipinski definition) is 5. The molecule has 4 fully saturated rings. The number of aromatic nitrogens is 2. The van der Waals surface area contributed by atoms with Gasteiger partial charge in [0.15, 0.2) is 29.1 Å². The molecule has 2 aromatic carbocycles. The predicted molar refractivity (Wildman–Crippen MR) is 317 cm³/mol. The average molecular weight is 1260 g/mol. The summed E-state index contributed by atoms with van der Waals surface area (Å²) < 4.78 is 93.7. The Morgan fingerprint density at radius 1 is 0.729 bits per heavy atom. The fourth-order valence-corrected chi connectivity index (χ4v) is 9.05. The van der Waals surface area contributed by atoms with Crippen LogP contribution < -0.4 is 35.5 Å². The number of carbonyl (C=O) groups is 4. The fourth-order valence-electron chi connectivity index (χ4n) is 8.40. The number of aldehydes is 1. The van der Waals surface area contributed by atoms with E-state index in [9.17, 15) is 45.5 Å². The van der Waals surface area contributed by atoms with Gasteiger partial charge in [-0.3, -0.25) is 19.2 Å². The van der Waals surface area contributed by atoms with E-state index in [1.807, 2.05) is 27.1 Å². The van der Waals surface area contributed by atoms with E-state index in [-0.39, 0.29) is 87.0 Å². The summed E-state index contributed by atoms with van der Waals surface area (Å²) in [6.07, 6.45) is 13.9.